The lowest BCUT2D eigenvalue weighted by atomic mass is 9.98. The van der Waals surface area contributed by atoms with Gasteiger partial charge in [-0.15, -0.1) is 0 Å². The molecule has 0 fully saturated rings. The van der Waals surface area contributed by atoms with E-state index in [0.717, 1.165) is 0 Å². The molecule has 1 aliphatic carbocycles. The first-order valence-electron chi connectivity index (χ1n) is 9.20. The number of alkyl carbamates (subject to hydrolysis) is 1. The number of carbonyl (C=O) groups excluding carboxylic acids is 1. The van der Waals surface area contributed by atoms with Gasteiger partial charge in [0.25, 0.3) is 0 Å². The van der Waals surface area contributed by atoms with Crippen molar-refractivity contribution >= 4 is 6.09 Å². The highest BCUT2D eigenvalue weighted by Crippen LogP contribution is 2.44. The molecule has 29 heavy (non-hydrogen) atoms. The van der Waals surface area contributed by atoms with Gasteiger partial charge in [0.05, 0.1) is 12.1 Å². The predicted molar refractivity (Wildman–Crippen MR) is 109 cm³/mol. The van der Waals surface area contributed by atoms with E-state index in [2.05, 4.69) is 46.4 Å². The number of aromatic nitrogens is 1. The molecule has 2 aromatic carbocycles. The maximum Gasteiger partial charge on any atom is 0.407 e. The third-order valence-corrected chi connectivity index (χ3v) is 4.77. The first kappa shape index (κ1) is 18.3. The Labute approximate surface area is 169 Å². The highest BCUT2D eigenvalue weighted by molar-refractivity contribution is 5.79. The molecule has 0 unspecified atom stereocenters. The van der Waals surface area contributed by atoms with Crippen LogP contribution in [0.3, 0.4) is 0 Å². The average molecular weight is 379 g/mol. The second-order valence-electron chi connectivity index (χ2n) is 6.52. The van der Waals surface area contributed by atoms with Gasteiger partial charge in [-0.25, -0.2) is 9.78 Å². The van der Waals surface area contributed by atoms with E-state index in [1.54, 1.807) is 12.1 Å². The number of rotatable bonds is 3. The number of pyridine rings is 1. The van der Waals surface area contributed by atoms with E-state index in [1.165, 1.54) is 28.5 Å². The van der Waals surface area contributed by atoms with Gasteiger partial charge in [0, 0.05) is 12.1 Å². The molecular weight excluding hydrogens is 362 g/mol. The first-order valence-corrected chi connectivity index (χ1v) is 9.20. The van der Waals surface area contributed by atoms with Gasteiger partial charge in [-0.1, -0.05) is 54.5 Å². The highest BCUT2D eigenvalue weighted by atomic mass is 16.5. The minimum absolute atomic E-state index is 0.0297. The third-order valence-electron chi connectivity index (χ3n) is 4.77. The number of nitrogens with one attached hydrogen (secondary N) is 1. The van der Waals surface area contributed by atoms with Crippen molar-refractivity contribution in [3.63, 3.8) is 0 Å². The Hall–Kier alpha value is -4.09. The van der Waals surface area contributed by atoms with Crippen LogP contribution in [0.2, 0.25) is 0 Å². The quantitative estimate of drug-likeness (QED) is 0.702. The summed E-state index contributed by atoms with van der Waals surface area (Å²) in [5.74, 6) is 5.69. The minimum atomic E-state index is -0.506. The van der Waals surface area contributed by atoms with Crippen molar-refractivity contribution in [2.75, 3.05) is 13.2 Å². The minimum Gasteiger partial charge on any atom is -0.449 e. The second-order valence-corrected chi connectivity index (χ2v) is 6.52. The molecule has 1 N–H and O–H groups in total. The summed E-state index contributed by atoms with van der Waals surface area (Å²) in [5, 5.41) is 11.4. The van der Waals surface area contributed by atoms with Crippen molar-refractivity contribution in [1.82, 2.24) is 10.3 Å². The van der Waals surface area contributed by atoms with E-state index < -0.39 is 6.09 Å². The Bertz CT molecular complexity index is 1110. The Morgan fingerprint density at radius 1 is 1.03 bits per heavy atom. The highest BCUT2D eigenvalue weighted by Gasteiger charge is 2.28. The van der Waals surface area contributed by atoms with Gasteiger partial charge in [0.2, 0.25) is 0 Å². The molecule has 3 aromatic rings. The molecular formula is C24H17N3O2. The summed E-state index contributed by atoms with van der Waals surface area (Å²) in [6.07, 6.45) is 0.956. The topological polar surface area (TPSA) is 75.0 Å². The van der Waals surface area contributed by atoms with E-state index in [0.29, 0.717) is 11.3 Å². The number of nitrogens with zero attached hydrogens (tertiary/aromatic N) is 2. The van der Waals surface area contributed by atoms with Crippen molar-refractivity contribution in [3.8, 4) is 29.0 Å². The number of benzene rings is 2. The smallest absolute Gasteiger partial charge is 0.407 e. The Morgan fingerprint density at radius 3 is 2.34 bits per heavy atom. The molecule has 0 saturated carbocycles. The van der Waals surface area contributed by atoms with Gasteiger partial charge in [0.15, 0.2) is 0 Å². The van der Waals surface area contributed by atoms with E-state index in [1.807, 2.05) is 30.3 Å². The Kier molecular flexibility index (Phi) is 5.23. The van der Waals surface area contributed by atoms with Gasteiger partial charge < -0.3 is 10.1 Å². The predicted octanol–water partition coefficient (Wildman–Crippen LogP) is 3.84. The lowest BCUT2D eigenvalue weighted by Gasteiger charge is -2.14. The number of hydrogen-bond donors (Lipinski definition) is 1. The van der Waals surface area contributed by atoms with Gasteiger partial charge in [-0.05, 0) is 40.3 Å². The van der Waals surface area contributed by atoms with Crippen LogP contribution in [-0.4, -0.2) is 24.2 Å². The summed E-state index contributed by atoms with van der Waals surface area (Å²) in [4.78, 5) is 16.1. The maximum absolute atomic E-state index is 12.1. The van der Waals surface area contributed by atoms with Gasteiger partial charge in [-0.2, -0.15) is 5.26 Å². The van der Waals surface area contributed by atoms with E-state index in [-0.39, 0.29) is 19.1 Å². The summed E-state index contributed by atoms with van der Waals surface area (Å²) in [7, 11) is 0. The third kappa shape index (κ3) is 3.95. The van der Waals surface area contributed by atoms with Crippen LogP contribution in [0.4, 0.5) is 4.79 Å². The second kappa shape index (κ2) is 8.29. The molecule has 5 nitrogen and oxygen atoms in total. The molecule has 1 heterocycles. The fourth-order valence-electron chi connectivity index (χ4n) is 3.43. The lowest BCUT2D eigenvalue weighted by molar-refractivity contribution is 0.144. The van der Waals surface area contributed by atoms with E-state index >= 15 is 0 Å². The molecule has 0 radical (unpaired) electrons. The fraction of sp³-hybridized carbons (Fsp3) is 0.125. The van der Waals surface area contributed by atoms with Crippen LogP contribution < -0.4 is 5.32 Å². The van der Waals surface area contributed by atoms with Crippen molar-refractivity contribution in [2.45, 2.75) is 5.92 Å². The number of hydrogen-bond acceptors (Lipinski definition) is 4. The zero-order valence-electron chi connectivity index (χ0n) is 15.6. The van der Waals surface area contributed by atoms with Gasteiger partial charge in [-0.3, -0.25) is 0 Å². The monoisotopic (exact) mass is 379 g/mol. The number of amides is 1. The number of carbonyl (C=O) groups is 1. The molecule has 0 atom stereocenters. The normalized spacial score (nSPS) is 11.4. The summed E-state index contributed by atoms with van der Waals surface area (Å²) < 4.78 is 5.45. The zero-order chi connectivity index (χ0) is 20.1. The summed E-state index contributed by atoms with van der Waals surface area (Å²) in [6, 6.07) is 21.7. The van der Waals surface area contributed by atoms with Crippen LogP contribution >= 0.6 is 0 Å². The molecule has 1 aliphatic rings. The van der Waals surface area contributed by atoms with Crippen LogP contribution in [0.25, 0.3) is 11.1 Å². The molecule has 0 bridgehead atoms. The van der Waals surface area contributed by atoms with Crippen LogP contribution in [0.5, 0.6) is 0 Å². The van der Waals surface area contributed by atoms with Crippen LogP contribution in [-0.2, 0) is 4.74 Å². The number of nitriles is 1. The molecule has 1 amide bonds. The standard InChI is InChI=1S/C24H17N3O2/c25-14-17-11-12-18(27-15-17)6-5-13-26-24(28)29-16-23-21-9-3-1-7-19(21)20-8-2-4-10-22(20)23/h1-4,7-12,15,23H,13,16H2,(H,26,28). The summed E-state index contributed by atoms with van der Waals surface area (Å²) in [6.45, 7) is 0.419. The molecule has 1 aromatic heterocycles. The van der Waals surface area contributed by atoms with Crippen LogP contribution in [0, 0.1) is 23.2 Å². The average Bonchev–Trinajstić information content (AvgIpc) is 3.09. The van der Waals surface area contributed by atoms with Gasteiger partial charge >= 0.3 is 6.09 Å². The van der Waals surface area contributed by atoms with Crippen molar-refractivity contribution in [2.24, 2.45) is 0 Å². The van der Waals surface area contributed by atoms with Gasteiger partial charge in [0.1, 0.15) is 18.4 Å². The maximum atomic E-state index is 12.1. The zero-order valence-corrected chi connectivity index (χ0v) is 15.6. The number of fused-ring (bicyclic) bond motifs is 3. The molecule has 0 spiro atoms. The molecule has 0 aliphatic heterocycles. The fourth-order valence-corrected chi connectivity index (χ4v) is 3.43. The Morgan fingerprint density at radius 2 is 1.72 bits per heavy atom. The molecule has 0 saturated heterocycles. The van der Waals surface area contributed by atoms with Crippen molar-refractivity contribution < 1.29 is 9.53 Å². The largest absolute Gasteiger partial charge is 0.449 e. The van der Waals surface area contributed by atoms with Crippen molar-refractivity contribution in [1.29, 1.82) is 5.26 Å². The van der Waals surface area contributed by atoms with Crippen molar-refractivity contribution in [3.05, 3.63) is 89.2 Å². The van der Waals surface area contributed by atoms with E-state index in [9.17, 15) is 4.79 Å². The molecule has 5 heteroatoms. The van der Waals surface area contributed by atoms with Crippen LogP contribution in [0.1, 0.15) is 28.3 Å². The molecule has 140 valence electrons. The van der Waals surface area contributed by atoms with E-state index in [4.69, 9.17) is 10.00 Å². The molecule has 4 rings (SSSR count). The summed E-state index contributed by atoms with van der Waals surface area (Å²) >= 11 is 0. The summed E-state index contributed by atoms with van der Waals surface area (Å²) in [5.41, 5.74) is 5.75. The van der Waals surface area contributed by atoms with Crippen LogP contribution in [0.15, 0.2) is 66.9 Å². The lowest BCUT2D eigenvalue weighted by Crippen LogP contribution is -2.26. The number of ether oxygens (including phenoxy) is 1. The Balaban J connectivity index is 1.33. The first-order chi connectivity index (χ1) is 14.3. The SMILES string of the molecule is N#Cc1ccc(C#CCNC(=O)OCC2c3ccccc3-c3ccccc32)nc1.